The molecule has 1 amide bonds. The van der Waals surface area contributed by atoms with Crippen molar-refractivity contribution in [2.24, 2.45) is 0 Å². The molecule has 0 spiro atoms. The van der Waals surface area contributed by atoms with Crippen LogP contribution in [0, 0.1) is 13.8 Å². The molecule has 0 saturated heterocycles. The summed E-state index contributed by atoms with van der Waals surface area (Å²) in [5.41, 5.74) is 3.08. The SMILES string of the molecule is COc1ccccc1[C@@H](C)NC(=O)[C@H]1CN(S(=O)(=O)c2ccc(C)cc2)c2ccc(C)cc2O1. The molecule has 3 aromatic rings. The van der Waals surface area contributed by atoms with E-state index in [1.165, 1.54) is 4.31 Å². The summed E-state index contributed by atoms with van der Waals surface area (Å²) in [6, 6.07) is 19.0. The number of methoxy groups -OCH3 is 1. The van der Waals surface area contributed by atoms with Gasteiger partial charge in [0.15, 0.2) is 6.10 Å². The van der Waals surface area contributed by atoms with Gasteiger partial charge < -0.3 is 14.8 Å². The maximum Gasteiger partial charge on any atom is 0.264 e. The maximum absolute atomic E-state index is 13.6. The van der Waals surface area contributed by atoms with Gasteiger partial charge >= 0.3 is 0 Å². The van der Waals surface area contributed by atoms with Crippen molar-refractivity contribution in [3.05, 3.63) is 83.4 Å². The van der Waals surface area contributed by atoms with Crippen LogP contribution in [0.4, 0.5) is 5.69 Å². The number of anilines is 1. The van der Waals surface area contributed by atoms with Crippen molar-refractivity contribution in [2.45, 2.75) is 37.8 Å². The van der Waals surface area contributed by atoms with Gasteiger partial charge in [-0.2, -0.15) is 0 Å². The van der Waals surface area contributed by atoms with Crippen LogP contribution in [-0.2, 0) is 14.8 Å². The Hall–Kier alpha value is -3.52. The van der Waals surface area contributed by atoms with Crippen LogP contribution in [0.2, 0.25) is 0 Å². The van der Waals surface area contributed by atoms with Crippen molar-refractivity contribution >= 4 is 21.6 Å². The topological polar surface area (TPSA) is 84.9 Å². The third kappa shape index (κ3) is 4.59. The number of nitrogens with zero attached hydrogens (tertiary/aromatic N) is 1. The number of amides is 1. The van der Waals surface area contributed by atoms with Crippen LogP contribution in [-0.4, -0.2) is 34.1 Å². The van der Waals surface area contributed by atoms with Gasteiger partial charge in [-0.25, -0.2) is 8.42 Å². The van der Waals surface area contributed by atoms with Crippen molar-refractivity contribution in [2.75, 3.05) is 18.0 Å². The highest BCUT2D eigenvalue weighted by Gasteiger charge is 2.38. The Kier molecular flexibility index (Phi) is 6.52. The zero-order valence-electron chi connectivity index (χ0n) is 19.6. The molecule has 1 aliphatic heterocycles. The second-order valence-electron chi connectivity index (χ2n) is 8.40. The summed E-state index contributed by atoms with van der Waals surface area (Å²) >= 11 is 0. The Morgan fingerprint density at radius 3 is 2.44 bits per heavy atom. The van der Waals surface area contributed by atoms with E-state index in [-0.39, 0.29) is 17.5 Å². The molecule has 0 aromatic heterocycles. The fourth-order valence-corrected chi connectivity index (χ4v) is 5.45. The summed E-state index contributed by atoms with van der Waals surface area (Å²) in [5.74, 6) is 0.603. The summed E-state index contributed by atoms with van der Waals surface area (Å²) in [6.07, 6.45) is -1.02. The molecule has 0 radical (unpaired) electrons. The smallest absolute Gasteiger partial charge is 0.264 e. The highest BCUT2D eigenvalue weighted by Crippen LogP contribution is 2.38. The number of sulfonamides is 1. The van der Waals surface area contributed by atoms with Crippen LogP contribution >= 0.6 is 0 Å². The van der Waals surface area contributed by atoms with E-state index in [0.29, 0.717) is 17.2 Å². The zero-order valence-corrected chi connectivity index (χ0v) is 20.4. The average Bonchev–Trinajstić information content (AvgIpc) is 2.83. The molecule has 1 heterocycles. The van der Waals surface area contributed by atoms with Crippen LogP contribution in [0.15, 0.2) is 71.6 Å². The van der Waals surface area contributed by atoms with Gasteiger partial charge in [0.05, 0.1) is 30.3 Å². The molecule has 4 rings (SSSR count). The number of carbonyl (C=O) groups is 1. The summed E-state index contributed by atoms with van der Waals surface area (Å²) in [6.45, 7) is 5.48. The Bertz CT molecular complexity index is 1310. The number of para-hydroxylation sites is 1. The van der Waals surface area contributed by atoms with Gasteiger partial charge in [0.25, 0.3) is 15.9 Å². The minimum absolute atomic E-state index is 0.142. The van der Waals surface area contributed by atoms with E-state index in [2.05, 4.69) is 5.32 Å². The van der Waals surface area contributed by atoms with Gasteiger partial charge in [-0.15, -0.1) is 0 Å². The Labute approximate surface area is 200 Å². The van der Waals surface area contributed by atoms with Gasteiger partial charge in [-0.3, -0.25) is 9.10 Å². The molecule has 0 unspecified atom stereocenters. The average molecular weight is 481 g/mol. The van der Waals surface area contributed by atoms with Crippen molar-refractivity contribution in [3.63, 3.8) is 0 Å². The van der Waals surface area contributed by atoms with Crippen molar-refractivity contribution in [1.82, 2.24) is 5.32 Å². The molecule has 0 saturated carbocycles. The van der Waals surface area contributed by atoms with E-state index in [1.54, 1.807) is 43.5 Å². The van der Waals surface area contributed by atoms with Gasteiger partial charge in [-0.05, 0) is 56.7 Å². The Balaban J connectivity index is 1.65. The van der Waals surface area contributed by atoms with Crippen LogP contribution in [0.1, 0.15) is 29.7 Å². The van der Waals surface area contributed by atoms with Crippen LogP contribution < -0.4 is 19.1 Å². The lowest BCUT2D eigenvalue weighted by Gasteiger charge is -2.35. The third-order valence-electron chi connectivity index (χ3n) is 5.85. The fraction of sp³-hybridized carbons (Fsp3) is 0.269. The molecule has 34 heavy (non-hydrogen) atoms. The molecular formula is C26H28N2O5S. The number of hydrogen-bond donors (Lipinski definition) is 1. The second-order valence-corrected chi connectivity index (χ2v) is 10.3. The van der Waals surface area contributed by atoms with Gasteiger partial charge in [0.1, 0.15) is 11.5 Å². The number of rotatable bonds is 6. The normalized spacial score (nSPS) is 16.2. The fourth-order valence-electron chi connectivity index (χ4n) is 3.97. The third-order valence-corrected chi connectivity index (χ3v) is 7.64. The summed E-state index contributed by atoms with van der Waals surface area (Å²) < 4.78 is 39.8. The number of nitrogens with one attached hydrogen (secondary N) is 1. The quantitative estimate of drug-likeness (QED) is 0.573. The van der Waals surface area contributed by atoms with E-state index in [9.17, 15) is 13.2 Å². The predicted molar refractivity (Wildman–Crippen MR) is 131 cm³/mol. The largest absolute Gasteiger partial charge is 0.496 e. The first kappa shape index (κ1) is 23.6. The van der Waals surface area contributed by atoms with E-state index in [4.69, 9.17) is 9.47 Å². The molecule has 1 N–H and O–H groups in total. The first-order valence-electron chi connectivity index (χ1n) is 11.0. The molecule has 178 valence electrons. The molecule has 2 atom stereocenters. The van der Waals surface area contributed by atoms with E-state index in [0.717, 1.165) is 16.7 Å². The van der Waals surface area contributed by atoms with Gasteiger partial charge in [-0.1, -0.05) is 42.0 Å². The number of fused-ring (bicyclic) bond motifs is 1. The van der Waals surface area contributed by atoms with Crippen molar-refractivity contribution < 1.29 is 22.7 Å². The number of hydrogen-bond acceptors (Lipinski definition) is 5. The second kappa shape index (κ2) is 9.38. The molecule has 8 heteroatoms. The van der Waals surface area contributed by atoms with Crippen LogP contribution in [0.25, 0.3) is 0 Å². The highest BCUT2D eigenvalue weighted by molar-refractivity contribution is 7.92. The molecule has 7 nitrogen and oxygen atoms in total. The van der Waals surface area contributed by atoms with E-state index >= 15 is 0 Å². The minimum Gasteiger partial charge on any atom is -0.496 e. The van der Waals surface area contributed by atoms with Gasteiger partial charge in [0, 0.05) is 5.56 Å². The maximum atomic E-state index is 13.6. The lowest BCUT2D eigenvalue weighted by atomic mass is 10.1. The Morgan fingerprint density at radius 2 is 1.74 bits per heavy atom. The molecular weight excluding hydrogens is 452 g/mol. The van der Waals surface area contributed by atoms with E-state index < -0.39 is 22.0 Å². The monoisotopic (exact) mass is 480 g/mol. The number of benzene rings is 3. The first-order valence-corrected chi connectivity index (χ1v) is 12.4. The van der Waals surface area contributed by atoms with Crippen LogP contribution in [0.3, 0.4) is 0 Å². The van der Waals surface area contributed by atoms with Crippen molar-refractivity contribution in [3.8, 4) is 11.5 Å². The summed E-state index contributed by atoms with van der Waals surface area (Å²) in [7, 11) is -2.34. The number of aryl methyl sites for hydroxylation is 2. The van der Waals surface area contributed by atoms with Crippen molar-refractivity contribution in [1.29, 1.82) is 0 Å². The van der Waals surface area contributed by atoms with Crippen LogP contribution in [0.5, 0.6) is 11.5 Å². The highest BCUT2D eigenvalue weighted by atomic mass is 32.2. The Morgan fingerprint density at radius 1 is 1.06 bits per heavy atom. The lowest BCUT2D eigenvalue weighted by molar-refractivity contribution is -0.128. The molecule has 1 aliphatic rings. The van der Waals surface area contributed by atoms with E-state index in [1.807, 2.05) is 51.1 Å². The zero-order chi connectivity index (χ0) is 24.5. The first-order chi connectivity index (χ1) is 16.2. The summed E-state index contributed by atoms with van der Waals surface area (Å²) in [5, 5.41) is 2.94. The predicted octanol–water partition coefficient (Wildman–Crippen LogP) is 4.15. The number of ether oxygens (including phenoxy) is 2. The molecule has 0 aliphatic carbocycles. The van der Waals surface area contributed by atoms with Gasteiger partial charge in [0.2, 0.25) is 0 Å². The molecule has 0 fully saturated rings. The molecule has 3 aromatic carbocycles. The summed E-state index contributed by atoms with van der Waals surface area (Å²) in [4.78, 5) is 13.4. The number of carbonyl (C=O) groups excluding carboxylic acids is 1. The molecule has 0 bridgehead atoms. The standard InChI is InChI=1S/C26H28N2O5S/c1-17-9-12-20(13-10-17)34(30,31)28-16-25(33-24-15-18(2)11-14-22(24)28)26(29)27-19(3)21-7-5-6-8-23(21)32-4/h5-15,19,25H,16H2,1-4H3,(H,27,29)/t19-,25-/m1/s1. The minimum atomic E-state index is -3.91. The lowest BCUT2D eigenvalue weighted by Crippen LogP contribution is -2.51.